The molecule has 0 radical (unpaired) electrons. The van der Waals surface area contributed by atoms with E-state index in [-0.39, 0.29) is 6.61 Å². The number of nitrogens with two attached hydrogens (primary N) is 1. The lowest BCUT2D eigenvalue weighted by molar-refractivity contribution is -0.0409. The second-order valence-electron chi connectivity index (χ2n) is 5.03. The van der Waals surface area contributed by atoms with E-state index in [1.165, 1.54) is 4.90 Å². The summed E-state index contributed by atoms with van der Waals surface area (Å²) in [6, 6.07) is -0.943. The number of amides is 2. The van der Waals surface area contributed by atoms with Gasteiger partial charge in [-0.1, -0.05) is 5.11 Å². The average molecular weight is 297 g/mol. The monoisotopic (exact) mass is 297 g/mol. The van der Waals surface area contributed by atoms with Crippen LogP contribution in [0.25, 0.3) is 10.4 Å². The van der Waals surface area contributed by atoms with E-state index < -0.39 is 30.2 Å². The number of urea groups is 1. The quantitative estimate of drug-likeness (QED) is 0.239. The van der Waals surface area contributed by atoms with Crippen molar-refractivity contribution < 1.29 is 14.6 Å². The van der Waals surface area contributed by atoms with Crippen molar-refractivity contribution in [1.82, 2.24) is 15.5 Å². The zero-order valence-electron chi connectivity index (χ0n) is 11.9. The van der Waals surface area contributed by atoms with E-state index in [1.807, 2.05) is 0 Å². The summed E-state index contributed by atoms with van der Waals surface area (Å²) in [6.45, 7) is 1.49. The lowest BCUT2D eigenvalue weighted by atomic mass is 10.1. The SMILES string of the molecule is CNC1(N)NC(=O)N([C@H]2CC(N=[N+]=[N-])[C@@H](CO)O2)C=C1C. The van der Waals surface area contributed by atoms with Gasteiger partial charge in [0.05, 0.1) is 18.8 Å². The molecule has 2 aliphatic rings. The first-order valence-electron chi connectivity index (χ1n) is 6.53. The zero-order valence-corrected chi connectivity index (χ0v) is 11.9. The fourth-order valence-electron chi connectivity index (χ4n) is 2.41. The molecule has 2 unspecified atom stereocenters. The number of nitrogens with zero attached hydrogens (tertiary/aromatic N) is 4. The van der Waals surface area contributed by atoms with Crippen molar-refractivity contribution in [3.8, 4) is 0 Å². The van der Waals surface area contributed by atoms with Gasteiger partial charge in [0, 0.05) is 17.5 Å². The summed E-state index contributed by atoms with van der Waals surface area (Å²) in [7, 11) is 1.64. The Morgan fingerprint density at radius 2 is 2.52 bits per heavy atom. The number of likely N-dealkylation sites (N-methyl/N-ethyl adjacent to an activating group) is 1. The van der Waals surface area contributed by atoms with Crippen molar-refractivity contribution in [2.75, 3.05) is 13.7 Å². The summed E-state index contributed by atoms with van der Waals surface area (Å²) in [4.78, 5) is 16.3. The van der Waals surface area contributed by atoms with Crippen LogP contribution in [0.2, 0.25) is 0 Å². The number of aliphatic hydroxyl groups excluding tert-OH is 1. The van der Waals surface area contributed by atoms with E-state index in [0.29, 0.717) is 12.0 Å². The standard InChI is InChI=1S/C11H19N7O3/c1-6-4-18(10(20)15-11(6,12)14-2)9-3-7(16-17-13)8(5-19)21-9/h4,7-9,14,19H,3,5,12H2,1-2H3,(H,15,20)/t7?,8-,9-,11?/m1/s1. The Morgan fingerprint density at radius 1 is 1.81 bits per heavy atom. The Morgan fingerprint density at radius 3 is 3.10 bits per heavy atom. The third-order valence-corrected chi connectivity index (χ3v) is 3.78. The highest BCUT2D eigenvalue weighted by molar-refractivity contribution is 5.78. The smallest absolute Gasteiger partial charge is 0.326 e. The van der Waals surface area contributed by atoms with Gasteiger partial charge in [0.2, 0.25) is 0 Å². The maximum atomic E-state index is 12.2. The Balaban J connectivity index is 2.20. The van der Waals surface area contributed by atoms with E-state index in [0.717, 1.165) is 0 Å². The van der Waals surface area contributed by atoms with Crippen LogP contribution in [0.1, 0.15) is 13.3 Å². The molecule has 2 heterocycles. The van der Waals surface area contributed by atoms with E-state index in [1.54, 1.807) is 20.2 Å². The second kappa shape index (κ2) is 5.88. The Bertz CT molecular complexity index is 504. The van der Waals surface area contributed by atoms with Gasteiger partial charge in [-0.15, -0.1) is 0 Å². The molecular formula is C11H19N7O3. The molecule has 21 heavy (non-hydrogen) atoms. The predicted octanol–water partition coefficient (Wildman–Crippen LogP) is -0.466. The lowest BCUT2D eigenvalue weighted by Gasteiger charge is -2.39. The van der Waals surface area contributed by atoms with Crippen molar-refractivity contribution in [1.29, 1.82) is 0 Å². The number of nitrogens with one attached hydrogen (secondary N) is 2. The van der Waals surface area contributed by atoms with Gasteiger partial charge in [-0.3, -0.25) is 16.0 Å². The Kier molecular flexibility index (Phi) is 4.35. The fraction of sp³-hybridized carbons (Fsp3) is 0.727. The van der Waals surface area contributed by atoms with Gasteiger partial charge >= 0.3 is 6.03 Å². The molecule has 0 saturated carbocycles. The first kappa shape index (κ1) is 15.5. The molecule has 0 aliphatic carbocycles. The fourth-order valence-corrected chi connectivity index (χ4v) is 2.41. The highest BCUT2D eigenvalue weighted by Gasteiger charge is 2.42. The van der Waals surface area contributed by atoms with Crippen molar-refractivity contribution in [3.63, 3.8) is 0 Å². The largest absolute Gasteiger partial charge is 0.394 e. The number of hydrogen-bond acceptors (Lipinski definition) is 6. The van der Waals surface area contributed by atoms with E-state index in [4.69, 9.17) is 16.0 Å². The van der Waals surface area contributed by atoms with E-state index in [2.05, 4.69) is 20.7 Å². The van der Waals surface area contributed by atoms with E-state index >= 15 is 0 Å². The highest BCUT2D eigenvalue weighted by atomic mass is 16.5. The summed E-state index contributed by atoms with van der Waals surface area (Å²) in [5.41, 5.74) is 15.2. The van der Waals surface area contributed by atoms with Crippen molar-refractivity contribution >= 4 is 6.03 Å². The summed E-state index contributed by atoms with van der Waals surface area (Å²) >= 11 is 0. The molecular weight excluding hydrogens is 278 g/mol. The second-order valence-corrected chi connectivity index (χ2v) is 5.03. The molecule has 2 aliphatic heterocycles. The molecule has 0 aromatic rings. The van der Waals surface area contributed by atoms with Crippen molar-refractivity contribution in [3.05, 3.63) is 22.2 Å². The summed E-state index contributed by atoms with van der Waals surface area (Å²) in [5, 5.41) is 18.3. The first-order chi connectivity index (χ1) is 9.95. The Labute approximate surface area is 121 Å². The molecule has 2 rings (SSSR count). The maximum Gasteiger partial charge on any atom is 0.326 e. The summed E-state index contributed by atoms with van der Waals surface area (Å²) in [5.74, 6) is -1.10. The van der Waals surface area contributed by atoms with Gasteiger partial charge in [-0.25, -0.2) is 4.79 Å². The van der Waals surface area contributed by atoms with Crippen LogP contribution >= 0.6 is 0 Å². The van der Waals surface area contributed by atoms with Crippen LogP contribution in [0, 0.1) is 0 Å². The molecule has 1 fully saturated rings. The molecule has 10 nitrogen and oxygen atoms in total. The van der Waals surface area contributed by atoms with Gasteiger partial charge in [-0.2, -0.15) is 0 Å². The van der Waals surface area contributed by atoms with Gasteiger partial charge < -0.3 is 15.2 Å². The average Bonchev–Trinajstić information content (AvgIpc) is 2.86. The van der Waals surface area contributed by atoms with Gasteiger partial charge in [0.25, 0.3) is 0 Å². The van der Waals surface area contributed by atoms with E-state index in [9.17, 15) is 9.90 Å². The minimum atomic E-state index is -1.10. The number of hydrogen-bond donors (Lipinski definition) is 4. The van der Waals surface area contributed by atoms with Crippen LogP contribution in [0.4, 0.5) is 4.79 Å². The molecule has 0 aromatic heterocycles. The molecule has 116 valence electrons. The molecule has 0 aromatic carbocycles. The molecule has 2 amide bonds. The van der Waals surface area contributed by atoms with Crippen molar-refractivity contribution in [2.24, 2.45) is 10.8 Å². The lowest BCUT2D eigenvalue weighted by Crippen LogP contribution is -2.69. The molecule has 5 N–H and O–H groups in total. The zero-order chi connectivity index (χ0) is 15.6. The van der Waals surface area contributed by atoms with Crippen LogP contribution < -0.4 is 16.4 Å². The van der Waals surface area contributed by atoms with Crippen LogP contribution in [0.5, 0.6) is 0 Å². The first-order valence-corrected chi connectivity index (χ1v) is 6.53. The number of carbonyl (C=O) groups excluding carboxylic acids is 1. The third kappa shape index (κ3) is 2.80. The van der Waals surface area contributed by atoms with Gasteiger partial charge in [-0.05, 0) is 25.1 Å². The molecule has 4 atom stereocenters. The van der Waals surface area contributed by atoms with Crippen LogP contribution in [0.3, 0.4) is 0 Å². The highest BCUT2D eigenvalue weighted by Crippen LogP contribution is 2.28. The third-order valence-electron chi connectivity index (χ3n) is 3.78. The van der Waals surface area contributed by atoms with Crippen LogP contribution in [-0.2, 0) is 4.74 Å². The normalized spacial score (nSPS) is 36.0. The predicted molar refractivity (Wildman–Crippen MR) is 73.4 cm³/mol. The molecule has 0 bridgehead atoms. The number of carbonyl (C=O) groups is 1. The minimum Gasteiger partial charge on any atom is -0.394 e. The number of aliphatic hydroxyl groups is 1. The maximum absolute atomic E-state index is 12.2. The molecule has 10 heteroatoms. The number of azide groups is 1. The summed E-state index contributed by atoms with van der Waals surface area (Å²) < 4.78 is 5.58. The van der Waals surface area contributed by atoms with Gasteiger partial charge in [0.1, 0.15) is 6.23 Å². The van der Waals surface area contributed by atoms with Crippen LogP contribution in [0.15, 0.2) is 16.9 Å². The topological polar surface area (TPSA) is 149 Å². The number of rotatable bonds is 4. The van der Waals surface area contributed by atoms with Gasteiger partial charge in [0.15, 0.2) is 5.79 Å². The summed E-state index contributed by atoms with van der Waals surface area (Å²) in [6.07, 6.45) is 0.659. The van der Waals surface area contributed by atoms with Crippen molar-refractivity contribution in [2.45, 2.75) is 37.5 Å². The molecule has 0 spiro atoms. The minimum absolute atomic E-state index is 0.282. The van der Waals surface area contributed by atoms with Crippen LogP contribution in [-0.4, -0.2) is 53.9 Å². The Hall–Kier alpha value is -1.84. The number of ether oxygens (including phenoxy) is 1. The molecule has 1 saturated heterocycles.